The minimum atomic E-state index is -0.159. The Kier molecular flexibility index (Phi) is 8.78. The van der Waals surface area contributed by atoms with Gasteiger partial charge in [0, 0.05) is 19.2 Å². The Morgan fingerprint density at radius 2 is 1.54 bits per heavy atom. The number of hydrogen-bond donors (Lipinski definition) is 2. The molecule has 0 spiro atoms. The van der Waals surface area contributed by atoms with Gasteiger partial charge in [0.25, 0.3) is 0 Å². The second-order valence-corrected chi connectivity index (χ2v) is 5.61. The number of hydrogen-bond acceptors (Lipinski definition) is 5. The highest BCUT2D eigenvalue weighted by Gasteiger charge is 2.12. The number of benzene rings is 1. The lowest BCUT2D eigenvalue weighted by atomic mass is 10.1. The molecule has 0 fully saturated rings. The molecular formula is C17H29N3O4. The summed E-state index contributed by atoms with van der Waals surface area (Å²) in [5, 5.41) is 5.69. The minimum Gasteiger partial charge on any atom is -0.496 e. The predicted molar refractivity (Wildman–Crippen MR) is 94.4 cm³/mol. The molecule has 1 rings (SSSR count). The predicted octanol–water partition coefficient (Wildman–Crippen LogP) is 1.51. The fraction of sp³-hybridized carbons (Fsp3) is 0.588. The molecule has 0 saturated heterocycles. The summed E-state index contributed by atoms with van der Waals surface area (Å²) in [5.74, 6) is 1.96. The summed E-state index contributed by atoms with van der Waals surface area (Å²) in [7, 11) is 8.80. The fourth-order valence-electron chi connectivity index (χ4n) is 2.26. The van der Waals surface area contributed by atoms with E-state index >= 15 is 0 Å². The van der Waals surface area contributed by atoms with Crippen LogP contribution in [0.1, 0.15) is 12.0 Å². The summed E-state index contributed by atoms with van der Waals surface area (Å²) < 4.78 is 15.9. The molecule has 2 amide bonds. The summed E-state index contributed by atoms with van der Waals surface area (Å²) in [6, 6.07) is 3.50. The Morgan fingerprint density at radius 3 is 2.12 bits per heavy atom. The van der Waals surface area contributed by atoms with E-state index in [9.17, 15) is 4.79 Å². The van der Waals surface area contributed by atoms with Gasteiger partial charge in [0.2, 0.25) is 0 Å². The van der Waals surface area contributed by atoms with Crippen LogP contribution in [0.25, 0.3) is 0 Å². The van der Waals surface area contributed by atoms with Crippen LogP contribution in [0.2, 0.25) is 0 Å². The molecule has 0 bridgehead atoms. The maximum atomic E-state index is 11.7. The van der Waals surface area contributed by atoms with Crippen molar-refractivity contribution in [3.8, 4) is 17.2 Å². The summed E-state index contributed by atoms with van der Waals surface area (Å²) in [5.41, 5.74) is 0.947. The van der Waals surface area contributed by atoms with Crippen LogP contribution in [0.3, 0.4) is 0 Å². The highest BCUT2D eigenvalue weighted by Crippen LogP contribution is 2.34. The molecule has 24 heavy (non-hydrogen) atoms. The SMILES string of the molecule is COc1cc(OC)c(OC)cc1CCNC(=O)NCCCN(C)C. The third kappa shape index (κ3) is 6.54. The van der Waals surface area contributed by atoms with Gasteiger partial charge in [0.15, 0.2) is 11.5 Å². The van der Waals surface area contributed by atoms with Crippen molar-refractivity contribution in [2.45, 2.75) is 12.8 Å². The zero-order valence-electron chi connectivity index (χ0n) is 15.3. The number of rotatable bonds is 10. The van der Waals surface area contributed by atoms with Crippen LogP contribution >= 0.6 is 0 Å². The lowest BCUT2D eigenvalue weighted by Crippen LogP contribution is -2.37. The van der Waals surface area contributed by atoms with Gasteiger partial charge in [-0.25, -0.2) is 4.79 Å². The third-order valence-electron chi connectivity index (χ3n) is 3.53. The fourth-order valence-corrected chi connectivity index (χ4v) is 2.26. The van der Waals surface area contributed by atoms with Gasteiger partial charge in [0.1, 0.15) is 5.75 Å². The summed E-state index contributed by atoms with van der Waals surface area (Å²) in [6.45, 7) is 2.11. The Bertz CT molecular complexity index is 521. The van der Waals surface area contributed by atoms with Crippen LogP contribution in [-0.4, -0.2) is 66.0 Å². The first-order valence-electron chi connectivity index (χ1n) is 7.97. The average Bonchev–Trinajstić information content (AvgIpc) is 2.57. The molecule has 0 aliphatic carbocycles. The lowest BCUT2D eigenvalue weighted by Gasteiger charge is -2.14. The smallest absolute Gasteiger partial charge is 0.314 e. The zero-order valence-corrected chi connectivity index (χ0v) is 15.3. The maximum absolute atomic E-state index is 11.7. The summed E-state index contributed by atoms with van der Waals surface area (Å²) in [6.07, 6.45) is 1.55. The van der Waals surface area contributed by atoms with Gasteiger partial charge >= 0.3 is 6.03 Å². The quantitative estimate of drug-likeness (QED) is 0.632. The normalized spacial score (nSPS) is 10.4. The van der Waals surface area contributed by atoms with Gasteiger partial charge in [-0.05, 0) is 45.1 Å². The molecule has 0 atom stereocenters. The van der Waals surface area contributed by atoms with Gasteiger partial charge in [-0.2, -0.15) is 0 Å². The van der Waals surface area contributed by atoms with Crippen LogP contribution in [0.5, 0.6) is 17.2 Å². The molecule has 1 aromatic carbocycles. The Labute approximate surface area is 144 Å². The first-order chi connectivity index (χ1) is 11.5. The Hall–Kier alpha value is -2.15. The molecule has 0 aromatic heterocycles. The summed E-state index contributed by atoms with van der Waals surface area (Å²) in [4.78, 5) is 13.8. The Morgan fingerprint density at radius 1 is 0.958 bits per heavy atom. The monoisotopic (exact) mass is 339 g/mol. The first kappa shape index (κ1) is 19.9. The number of nitrogens with zero attached hydrogens (tertiary/aromatic N) is 1. The second-order valence-electron chi connectivity index (χ2n) is 5.61. The third-order valence-corrected chi connectivity index (χ3v) is 3.53. The molecule has 0 radical (unpaired) electrons. The number of urea groups is 1. The minimum absolute atomic E-state index is 0.159. The van der Waals surface area contributed by atoms with E-state index in [1.165, 1.54) is 0 Å². The maximum Gasteiger partial charge on any atom is 0.314 e. The number of carbonyl (C=O) groups excluding carboxylic acids is 1. The number of carbonyl (C=O) groups is 1. The van der Waals surface area contributed by atoms with Crippen molar-refractivity contribution in [2.24, 2.45) is 0 Å². The van der Waals surface area contributed by atoms with Crippen molar-refractivity contribution >= 4 is 6.03 Å². The second kappa shape index (κ2) is 10.6. The average molecular weight is 339 g/mol. The molecule has 0 unspecified atom stereocenters. The zero-order chi connectivity index (χ0) is 17.9. The molecule has 7 nitrogen and oxygen atoms in total. The summed E-state index contributed by atoms with van der Waals surface area (Å²) >= 11 is 0. The molecule has 1 aromatic rings. The van der Waals surface area contributed by atoms with Gasteiger partial charge in [0.05, 0.1) is 21.3 Å². The first-order valence-corrected chi connectivity index (χ1v) is 7.97. The van der Waals surface area contributed by atoms with Crippen molar-refractivity contribution in [3.05, 3.63) is 17.7 Å². The van der Waals surface area contributed by atoms with Crippen molar-refractivity contribution < 1.29 is 19.0 Å². The molecule has 136 valence electrons. The van der Waals surface area contributed by atoms with Crippen molar-refractivity contribution in [1.29, 1.82) is 0 Å². The van der Waals surface area contributed by atoms with Crippen molar-refractivity contribution in [3.63, 3.8) is 0 Å². The molecule has 0 aliphatic rings. The highest BCUT2D eigenvalue weighted by molar-refractivity contribution is 5.73. The van der Waals surface area contributed by atoms with E-state index in [-0.39, 0.29) is 6.03 Å². The van der Waals surface area contributed by atoms with Gasteiger partial charge in [-0.3, -0.25) is 0 Å². The molecule has 0 aliphatic heterocycles. The van der Waals surface area contributed by atoms with E-state index in [1.807, 2.05) is 20.2 Å². The number of nitrogens with one attached hydrogen (secondary N) is 2. The van der Waals surface area contributed by atoms with E-state index in [1.54, 1.807) is 27.4 Å². The largest absolute Gasteiger partial charge is 0.496 e. The molecule has 7 heteroatoms. The lowest BCUT2D eigenvalue weighted by molar-refractivity contribution is 0.240. The van der Waals surface area contributed by atoms with Crippen molar-refractivity contribution in [1.82, 2.24) is 15.5 Å². The van der Waals surface area contributed by atoms with Crippen LogP contribution in [-0.2, 0) is 6.42 Å². The van der Waals surface area contributed by atoms with Crippen LogP contribution < -0.4 is 24.8 Å². The van der Waals surface area contributed by atoms with Gasteiger partial charge in [-0.15, -0.1) is 0 Å². The van der Waals surface area contributed by atoms with E-state index < -0.39 is 0 Å². The molecule has 0 saturated carbocycles. The number of amides is 2. The van der Waals surface area contributed by atoms with Crippen LogP contribution in [0, 0.1) is 0 Å². The number of methoxy groups -OCH3 is 3. The van der Waals surface area contributed by atoms with E-state index in [0.29, 0.717) is 36.8 Å². The molecule has 2 N–H and O–H groups in total. The van der Waals surface area contributed by atoms with Gasteiger partial charge < -0.3 is 29.7 Å². The van der Waals surface area contributed by atoms with Crippen LogP contribution in [0.4, 0.5) is 4.79 Å². The van der Waals surface area contributed by atoms with Crippen molar-refractivity contribution in [2.75, 3.05) is 55.1 Å². The van der Waals surface area contributed by atoms with E-state index in [0.717, 1.165) is 18.5 Å². The van der Waals surface area contributed by atoms with Crippen LogP contribution in [0.15, 0.2) is 12.1 Å². The topological polar surface area (TPSA) is 72.1 Å². The number of ether oxygens (including phenoxy) is 3. The highest BCUT2D eigenvalue weighted by atomic mass is 16.5. The molecule has 0 heterocycles. The Balaban J connectivity index is 2.47. The standard InChI is InChI=1S/C17H29N3O4/c1-20(2)10-6-8-18-17(21)19-9-7-13-11-15(23-4)16(24-5)12-14(13)22-3/h11-12H,6-10H2,1-5H3,(H2,18,19,21). The van der Waals surface area contributed by atoms with Gasteiger partial charge in [-0.1, -0.05) is 0 Å². The molecular weight excluding hydrogens is 310 g/mol. The van der Waals surface area contributed by atoms with E-state index in [2.05, 4.69) is 15.5 Å². The van der Waals surface area contributed by atoms with E-state index in [4.69, 9.17) is 14.2 Å².